The number of nitrogens with zero attached hydrogens (tertiary/aromatic N) is 3. The van der Waals surface area contributed by atoms with Crippen LogP contribution in [0.2, 0.25) is 0 Å². The van der Waals surface area contributed by atoms with Gasteiger partial charge in [0, 0.05) is 32.4 Å². The van der Waals surface area contributed by atoms with Gasteiger partial charge >= 0.3 is 0 Å². The first-order valence-corrected chi connectivity index (χ1v) is 6.00. The summed E-state index contributed by atoms with van der Waals surface area (Å²) in [4.78, 5) is 2.23. The average molecular weight is 240 g/mol. The van der Waals surface area contributed by atoms with Gasteiger partial charge < -0.3 is 15.6 Å². The van der Waals surface area contributed by atoms with Gasteiger partial charge in [-0.2, -0.15) is 5.10 Å². The van der Waals surface area contributed by atoms with Crippen LogP contribution in [0.5, 0.6) is 0 Å². The lowest BCUT2D eigenvalue weighted by molar-refractivity contribution is 0.0894. The quantitative estimate of drug-likeness (QED) is 0.745. The van der Waals surface area contributed by atoms with Crippen molar-refractivity contribution in [3.63, 3.8) is 0 Å². The maximum Gasteiger partial charge on any atom is 0.0862 e. The van der Waals surface area contributed by atoms with Crippen molar-refractivity contribution < 1.29 is 9.84 Å². The van der Waals surface area contributed by atoms with Gasteiger partial charge in [-0.25, -0.2) is 0 Å². The molecule has 6 nitrogen and oxygen atoms in total. The third-order valence-electron chi connectivity index (χ3n) is 2.83. The summed E-state index contributed by atoms with van der Waals surface area (Å²) in [6.45, 7) is 4.58. The van der Waals surface area contributed by atoms with E-state index in [0.717, 1.165) is 32.7 Å². The maximum absolute atomic E-state index is 9.97. The molecule has 2 heterocycles. The molecule has 96 valence electrons. The third-order valence-corrected chi connectivity index (χ3v) is 2.83. The van der Waals surface area contributed by atoms with Crippen molar-refractivity contribution in [2.24, 2.45) is 0 Å². The number of nitrogen functional groups attached to an aromatic ring is 1. The van der Waals surface area contributed by atoms with Crippen LogP contribution in [0.25, 0.3) is 0 Å². The zero-order valence-electron chi connectivity index (χ0n) is 9.96. The average Bonchev–Trinajstić information content (AvgIpc) is 2.53. The monoisotopic (exact) mass is 240 g/mol. The van der Waals surface area contributed by atoms with Crippen molar-refractivity contribution in [3.8, 4) is 0 Å². The zero-order chi connectivity index (χ0) is 12.1. The molecule has 1 saturated heterocycles. The number of rotatable bonds is 4. The molecule has 0 amide bonds. The molecular formula is C11H20N4O2. The van der Waals surface area contributed by atoms with Gasteiger partial charge in [0.2, 0.25) is 0 Å². The number of nitrogens with two attached hydrogens (primary N) is 1. The fraction of sp³-hybridized carbons (Fsp3) is 0.727. The Balaban J connectivity index is 1.77. The first-order chi connectivity index (χ1) is 8.24. The van der Waals surface area contributed by atoms with Crippen molar-refractivity contribution >= 4 is 5.69 Å². The van der Waals surface area contributed by atoms with Crippen molar-refractivity contribution in [3.05, 3.63) is 12.4 Å². The van der Waals surface area contributed by atoms with Crippen LogP contribution in [0, 0.1) is 0 Å². The molecule has 1 unspecified atom stereocenters. The predicted octanol–water partition coefficient (Wildman–Crippen LogP) is -0.452. The second-order valence-corrected chi connectivity index (χ2v) is 4.42. The molecule has 1 atom stereocenters. The van der Waals surface area contributed by atoms with Crippen LogP contribution >= 0.6 is 0 Å². The van der Waals surface area contributed by atoms with Crippen LogP contribution in [0.3, 0.4) is 0 Å². The number of anilines is 1. The second-order valence-electron chi connectivity index (χ2n) is 4.42. The minimum absolute atomic E-state index is 0.424. The van der Waals surface area contributed by atoms with Crippen LogP contribution in [0.1, 0.15) is 6.42 Å². The smallest absolute Gasteiger partial charge is 0.0862 e. The highest BCUT2D eigenvalue weighted by Crippen LogP contribution is 2.03. The summed E-state index contributed by atoms with van der Waals surface area (Å²) in [5.41, 5.74) is 6.19. The second kappa shape index (κ2) is 6.00. The first-order valence-electron chi connectivity index (χ1n) is 6.00. The Bertz CT molecular complexity index is 334. The van der Waals surface area contributed by atoms with Gasteiger partial charge in [-0.1, -0.05) is 0 Å². The molecule has 0 saturated carbocycles. The number of aliphatic hydroxyl groups excluding tert-OH is 1. The van der Waals surface area contributed by atoms with Gasteiger partial charge in [-0.3, -0.25) is 9.58 Å². The molecule has 6 heteroatoms. The molecule has 0 spiro atoms. The molecule has 2 rings (SSSR count). The lowest BCUT2D eigenvalue weighted by atomic mass is 10.3. The number of hydrogen-bond donors (Lipinski definition) is 2. The molecule has 1 aromatic heterocycles. The summed E-state index contributed by atoms with van der Waals surface area (Å²) in [5, 5.41) is 14.0. The van der Waals surface area contributed by atoms with E-state index in [1.54, 1.807) is 17.1 Å². The van der Waals surface area contributed by atoms with Crippen molar-refractivity contribution in [1.82, 2.24) is 14.7 Å². The molecule has 3 N–H and O–H groups in total. The van der Waals surface area contributed by atoms with E-state index >= 15 is 0 Å². The summed E-state index contributed by atoms with van der Waals surface area (Å²) >= 11 is 0. The largest absolute Gasteiger partial charge is 0.396 e. The minimum Gasteiger partial charge on any atom is -0.396 e. The molecule has 17 heavy (non-hydrogen) atoms. The molecule has 1 aliphatic rings. The number of ether oxygens (including phenoxy) is 1. The van der Waals surface area contributed by atoms with Crippen LogP contribution in [0.4, 0.5) is 5.69 Å². The Morgan fingerprint density at radius 3 is 3.06 bits per heavy atom. The molecular weight excluding hydrogens is 220 g/mol. The maximum atomic E-state index is 9.97. The highest BCUT2D eigenvalue weighted by atomic mass is 16.5. The van der Waals surface area contributed by atoms with Gasteiger partial charge in [0.05, 0.1) is 31.1 Å². The van der Waals surface area contributed by atoms with Crippen molar-refractivity contribution in [2.75, 3.05) is 38.6 Å². The standard InChI is InChI=1S/C11H20N4O2/c12-10-6-13-15(7-10)9-11(16)8-14-2-1-4-17-5-3-14/h6-7,11,16H,1-5,8-9,12H2. The lowest BCUT2D eigenvalue weighted by Crippen LogP contribution is -2.36. The molecule has 0 aromatic carbocycles. The van der Waals surface area contributed by atoms with Crippen molar-refractivity contribution in [2.45, 2.75) is 19.1 Å². The molecule has 1 aromatic rings. The number of aliphatic hydroxyl groups is 1. The van der Waals surface area contributed by atoms with Gasteiger partial charge in [-0.15, -0.1) is 0 Å². The van der Waals surface area contributed by atoms with E-state index < -0.39 is 6.10 Å². The van der Waals surface area contributed by atoms with Crippen LogP contribution in [-0.4, -0.2) is 58.7 Å². The van der Waals surface area contributed by atoms with E-state index in [0.29, 0.717) is 18.8 Å². The van der Waals surface area contributed by atoms with Gasteiger partial charge in [0.1, 0.15) is 0 Å². The number of aromatic nitrogens is 2. The molecule has 0 aliphatic carbocycles. The van der Waals surface area contributed by atoms with E-state index in [1.165, 1.54) is 0 Å². The summed E-state index contributed by atoms with van der Waals surface area (Å²) < 4.78 is 7.05. The van der Waals surface area contributed by atoms with E-state index in [2.05, 4.69) is 10.00 Å². The Labute approximate surface area is 101 Å². The fourth-order valence-electron chi connectivity index (χ4n) is 2.03. The fourth-order valence-corrected chi connectivity index (χ4v) is 2.03. The van der Waals surface area contributed by atoms with Gasteiger partial charge in [0.15, 0.2) is 0 Å². The predicted molar refractivity (Wildman–Crippen MR) is 64.5 cm³/mol. The van der Waals surface area contributed by atoms with Crippen molar-refractivity contribution in [1.29, 1.82) is 0 Å². The van der Waals surface area contributed by atoms with Gasteiger partial charge in [-0.05, 0) is 6.42 Å². The normalized spacial score (nSPS) is 20.1. The highest BCUT2D eigenvalue weighted by Gasteiger charge is 2.14. The Morgan fingerprint density at radius 2 is 2.29 bits per heavy atom. The molecule has 1 fully saturated rings. The molecule has 0 radical (unpaired) electrons. The van der Waals surface area contributed by atoms with Gasteiger partial charge in [0.25, 0.3) is 0 Å². The van der Waals surface area contributed by atoms with E-state index in [-0.39, 0.29) is 0 Å². The molecule has 0 bridgehead atoms. The third kappa shape index (κ3) is 3.99. The number of β-amino-alcohol motifs (C(OH)–C–C–N with tert-alkyl or cyclic N) is 1. The van der Waals surface area contributed by atoms with E-state index in [9.17, 15) is 5.11 Å². The Kier molecular flexibility index (Phi) is 4.36. The molecule has 1 aliphatic heterocycles. The van der Waals surface area contributed by atoms with E-state index in [4.69, 9.17) is 10.5 Å². The highest BCUT2D eigenvalue weighted by molar-refractivity contribution is 5.30. The van der Waals surface area contributed by atoms with Crippen LogP contribution in [-0.2, 0) is 11.3 Å². The summed E-state index contributed by atoms with van der Waals surface area (Å²) in [5.74, 6) is 0. The van der Waals surface area contributed by atoms with Crippen LogP contribution < -0.4 is 5.73 Å². The SMILES string of the molecule is Nc1cnn(CC(O)CN2CCCOCC2)c1. The Morgan fingerprint density at radius 1 is 1.41 bits per heavy atom. The first kappa shape index (κ1) is 12.3. The Hall–Kier alpha value is -1.11. The van der Waals surface area contributed by atoms with Crippen LogP contribution in [0.15, 0.2) is 12.4 Å². The lowest BCUT2D eigenvalue weighted by Gasteiger charge is -2.22. The summed E-state index contributed by atoms with van der Waals surface area (Å²) in [7, 11) is 0. The zero-order valence-corrected chi connectivity index (χ0v) is 9.96. The summed E-state index contributed by atoms with van der Waals surface area (Å²) in [6.07, 6.45) is 3.93. The topological polar surface area (TPSA) is 76.5 Å². The number of hydrogen-bond acceptors (Lipinski definition) is 5. The van der Waals surface area contributed by atoms with E-state index in [1.807, 2.05) is 0 Å². The summed E-state index contributed by atoms with van der Waals surface area (Å²) in [6, 6.07) is 0. The minimum atomic E-state index is -0.424.